The molecule has 0 amide bonds. The molecular weight excluding hydrogens is 309 g/mol. The Labute approximate surface area is 107 Å². The number of halogens is 9. The van der Waals surface area contributed by atoms with Crippen molar-refractivity contribution in [2.24, 2.45) is 0 Å². The Balaban J connectivity index is 2.97. The lowest BCUT2D eigenvalue weighted by Gasteiger charge is -2.41. The molecule has 0 saturated carbocycles. The van der Waals surface area contributed by atoms with Crippen molar-refractivity contribution in [3.8, 4) is 0 Å². The van der Waals surface area contributed by atoms with Crippen molar-refractivity contribution in [3.63, 3.8) is 0 Å². The van der Waals surface area contributed by atoms with Crippen LogP contribution in [0.15, 0.2) is 0 Å². The molecule has 0 aliphatic carbocycles. The molecule has 1 aliphatic heterocycles. The molecule has 0 radical (unpaired) electrons. The molecule has 1 rings (SSSR count). The lowest BCUT2D eigenvalue weighted by molar-refractivity contribution is -0.317. The predicted molar refractivity (Wildman–Crippen MR) is 47.9 cm³/mol. The zero-order valence-electron chi connectivity index (χ0n) is 9.90. The van der Waals surface area contributed by atoms with Crippen molar-refractivity contribution in [1.82, 2.24) is 4.90 Å². The van der Waals surface area contributed by atoms with E-state index < -0.39 is 49.9 Å². The minimum Gasteiger partial charge on any atom is -0.353 e. The van der Waals surface area contributed by atoms with Gasteiger partial charge in [-0.2, -0.15) is 26.3 Å². The summed E-state index contributed by atoms with van der Waals surface area (Å²) in [5.41, 5.74) is 0. The number of nitrogens with zero attached hydrogens (tertiary/aromatic N) is 1. The Kier molecular flexibility index (Phi) is 4.55. The maximum absolute atomic E-state index is 13.3. The quantitative estimate of drug-likeness (QED) is 0.573. The number of rotatable bonds is 2. The zero-order valence-corrected chi connectivity index (χ0v) is 9.90. The Morgan fingerprint density at radius 2 is 1.25 bits per heavy atom. The fourth-order valence-corrected chi connectivity index (χ4v) is 1.65. The van der Waals surface area contributed by atoms with Crippen LogP contribution < -0.4 is 0 Å². The van der Waals surface area contributed by atoms with Crippen molar-refractivity contribution in [2.75, 3.05) is 13.1 Å². The van der Waals surface area contributed by atoms with Crippen LogP contribution in [0.4, 0.5) is 39.5 Å². The number of hydrogen-bond donors (Lipinski definition) is 0. The first-order chi connectivity index (χ1) is 8.73. The molecule has 0 N–H and O–H groups in total. The van der Waals surface area contributed by atoms with Crippen LogP contribution in [0, 0.1) is 0 Å². The monoisotopic (exact) mass is 319 g/mol. The van der Waals surface area contributed by atoms with Gasteiger partial charge in [0, 0.05) is 20.0 Å². The van der Waals surface area contributed by atoms with Crippen LogP contribution in [-0.4, -0.2) is 54.8 Å². The Hall–Kier alpha value is -0.710. The molecule has 20 heavy (non-hydrogen) atoms. The van der Waals surface area contributed by atoms with E-state index in [2.05, 4.69) is 4.74 Å². The Morgan fingerprint density at radius 3 is 1.50 bits per heavy atom. The molecule has 0 aromatic rings. The van der Waals surface area contributed by atoms with Crippen molar-refractivity contribution in [3.05, 3.63) is 0 Å². The van der Waals surface area contributed by atoms with Crippen LogP contribution in [0.3, 0.4) is 0 Å². The van der Waals surface area contributed by atoms with E-state index >= 15 is 0 Å². The van der Waals surface area contributed by atoms with Gasteiger partial charge in [-0.25, -0.2) is 13.2 Å². The summed E-state index contributed by atoms with van der Waals surface area (Å²) in [4.78, 5) is -0.209. The molecule has 1 aliphatic rings. The molecule has 3 unspecified atom stereocenters. The molecule has 0 bridgehead atoms. The first-order valence-corrected chi connectivity index (χ1v) is 5.27. The standard InChI is InChI=1S/C9H10F9NO/c1-7(11,12)6(10)19-2-4(8(13,14)15)20-5(3-19)9(16,17)18/h4-6H,2-3H2,1H3. The van der Waals surface area contributed by atoms with Gasteiger partial charge in [-0.05, 0) is 0 Å². The van der Waals surface area contributed by atoms with Crippen molar-refractivity contribution in [1.29, 1.82) is 0 Å². The summed E-state index contributed by atoms with van der Waals surface area (Å²) in [5.74, 6) is -4.09. The summed E-state index contributed by atoms with van der Waals surface area (Å²) in [6.45, 7) is -2.79. The second kappa shape index (κ2) is 5.24. The molecular formula is C9H10F9NO. The van der Waals surface area contributed by atoms with Crippen LogP contribution in [0.5, 0.6) is 0 Å². The van der Waals surface area contributed by atoms with Gasteiger partial charge in [0.15, 0.2) is 12.2 Å². The highest BCUT2D eigenvalue weighted by atomic mass is 19.4. The smallest absolute Gasteiger partial charge is 0.353 e. The van der Waals surface area contributed by atoms with Crippen LogP contribution in [0.2, 0.25) is 0 Å². The van der Waals surface area contributed by atoms with Gasteiger partial charge in [0.25, 0.3) is 5.92 Å². The SMILES string of the molecule is CC(F)(F)C(F)N1CC(C(F)(F)F)OC(C(F)(F)F)C1. The minimum absolute atomic E-state index is 0.0678. The number of alkyl halides is 9. The Morgan fingerprint density at radius 1 is 0.900 bits per heavy atom. The lowest BCUT2D eigenvalue weighted by Crippen LogP contribution is -2.60. The molecule has 120 valence electrons. The van der Waals surface area contributed by atoms with Gasteiger partial charge < -0.3 is 4.74 Å². The van der Waals surface area contributed by atoms with Crippen molar-refractivity contribution >= 4 is 0 Å². The molecule has 1 fully saturated rings. The van der Waals surface area contributed by atoms with E-state index in [0.29, 0.717) is 0 Å². The highest BCUT2D eigenvalue weighted by Gasteiger charge is 2.55. The summed E-state index contributed by atoms with van der Waals surface area (Å²) in [6, 6.07) is 0. The summed E-state index contributed by atoms with van der Waals surface area (Å²) >= 11 is 0. The number of hydrogen-bond acceptors (Lipinski definition) is 2. The van der Waals surface area contributed by atoms with Gasteiger partial charge in [0.1, 0.15) is 0 Å². The number of morpholine rings is 1. The summed E-state index contributed by atoms with van der Waals surface area (Å²) in [6.07, 6.45) is -19.7. The lowest BCUT2D eigenvalue weighted by atomic mass is 10.1. The van der Waals surface area contributed by atoms with Gasteiger partial charge in [0.05, 0.1) is 0 Å². The third-order valence-electron chi connectivity index (χ3n) is 2.60. The molecule has 0 spiro atoms. The molecule has 1 saturated heterocycles. The minimum atomic E-state index is -5.22. The normalized spacial score (nSPS) is 28.5. The summed E-state index contributed by atoms with van der Waals surface area (Å²) < 4.78 is 117. The average molecular weight is 319 g/mol. The van der Waals surface area contributed by atoms with E-state index in [-0.39, 0.29) is 11.8 Å². The van der Waals surface area contributed by atoms with E-state index in [0.717, 1.165) is 0 Å². The highest BCUT2D eigenvalue weighted by molar-refractivity contribution is 4.88. The third kappa shape index (κ3) is 4.14. The fourth-order valence-electron chi connectivity index (χ4n) is 1.65. The largest absolute Gasteiger partial charge is 0.415 e. The summed E-state index contributed by atoms with van der Waals surface area (Å²) in [5, 5.41) is 0. The van der Waals surface area contributed by atoms with Gasteiger partial charge in [0.2, 0.25) is 6.30 Å². The molecule has 1 heterocycles. The van der Waals surface area contributed by atoms with Crippen LogP contribution >= 0.6 is 0 Å². The molecule has 3 atom stereocenters. The number of ether oxygens (including phenoxy) is 1. The van der Waals surface area contributed by atoms with E-state index in [9.17, 15) is 39.5 Å². The van der Waals surface area contributed by atoms with Gasteiger partial charge >= 0.3 is 12.4 Å². The average Bonchev–Trinajstić information content (AvgIpc) is 2.23. The Bertz CT molecular complexity index is 312. The maximum atomic E-state index is 13.3. The molecule has 11 heteroatoms. The van der Waals surface area contributed by atoms with Gasteiger partial charge in [-0.15, -0.1) is 0 Å². The molecule has 0 aromatic carbocycles. The summed E-state index contributed by atoms with van der Waals surface area (Å²) in [7, 11) is 0. The van der Waals surface area contributed by atoms with Crippen LogP contribution in [0.25, 0.3) is 0 Å². The van der Waals surface area contributed by atoms with Crippen LogP contribution in [-0.2, 0) is 4.74 Å². The third-order valence-corrected chi connectivity index (χ3v) is 2.60. The fraction of sp³-hybridized carbons (Fsp3) is 1.00. The van der Waals surface area contributed by atoms with Gasteiger partial charge in [-0.3, -0.25) is 4.90 Å². The molecule has 0 aromatic heterocycles. The maximum Gasteiger partial charge on any atom is 0.415 e. The first kappa shape index (κ1) is 17.3. The zero-order chi connectivity index (χ0) is 15.9. The van der Waals surface area contributed by atoms with Gasteiger partial charge in [-0.1, -0.05) is 0 Å². The topological polar surface area (TPSA) is 12.5 Å². The first-order valence-electron chi connectivity index (χ1n) is 5.27. The second-order valence-corrected chi connectivity index (χ2v) is 4.44. The second-order valence-electron chi connectivity index (χ2n) is 4.44. The van der Waals surface area contributed by atoms with E-state index in [1.807, 2.05) is 0 Å². The van der Waals surface area contributed by atoms with E-state index in [4.69, 9.17) is 0 Å². The highest BCUT2D eigenvalue weighted by Crippen LogP contribution is 2.36. The predicted octanol–water partition coefficient (Wildman–Crippen LogP) is 3.13. The van der Waals surface area contributed by atoms with E-state index in [1.54, 1.807) is 0 Å². The van der Waals surface area contributed by atoms with Crippen LogP contribution in [0.1, 0.15) is 6.92 Å². The van der Waals surface area contributed by atoms with Crippen molar-refractivity contribution in [2.45, 2.75) is 43.7 Å². The van der Waals surface area contributed by atoms with E-state index in [1.165, 1.54) is 0 Å². The van der Waals surface area contributed by atoms with Crippen molar-refractivity contribution < 1.29 is 44.3 Å². The molecule has 2 nitrogen and oxygen atoms in total.